The number of alkyl halides is 1. The molecule has 0 saturated heterocycles. The first-order chi connectivity index (χ1) is 10.6. The van der Waals surface area contributed by atoms with Crippen LogP contribution in [0, 0.1) is 0 Å². The van der Waals surface area contributed by atoms with Crippen molar-refractivity contribution in [2.45, 2.75) is 38.5 Å². The van der Waals surface area contributed by atoms with Crippen LogP contribution in [-0.2, 0) is 4.74 Å². The fraction of sp³-hybridized carbons (Fsp3) is 0.533. The second-order valence-electron chi connectivity index (χ2n) is 4.95. The topological polar surface area (TPSA) is 26.3 Å². The van der Waals surface area contributed by atoms with Crippen LogP contribution in [0.5, 0.6) is 0 Å². The Morgan fingerprint density at radius 1 is 1.00 bits per heavy atom. The molecule has 0 aliphatic carbocycles. The van der Waals surface area contributed by atoms with Crippen molar-refractivity contribution >= 4 is 86.5 Å². The van der Waals surface area contributed by atoms with E-state index in [2.05, 4.69) is 47.8 Å². The van der Waals surface area contributed by atoms with Gasteiger partial charge in [0, 0.05) is 10.7 Å². The number of unbranched alkanes of at least 4 members (excludes halogenated alkanes) is 5. The highest BCUT2D eigenvalue weighted by molar-refractivity contribution is 9.12. The molecule has 2 rings (SSSR count). The monoisotopic (exact) mass is 530 g/mol. The summed E-state index contributed by atoms with van der Waals surface area (Å²) in [7, 11) is 0. The van der Waals surface area contributed by atoms with Crippen LogP contribution in [0.3, 0.4) is 0 Å². The number of esters is 1. The number of carbonyl (C=O) groups excluding carboxylic acids is 1. The predicted molar refractivity (Wildman–Crippen MR) is 107 cm³/mol. The molecular formula is C15H17Br3O2S2. The minimum atomic E-state index is -0.204. The number of fused-ring (bicyclic) bond motifs is 1. The molecule has 2 nitrogen and oxygen atoms in total. The fourth-order valence-corrected chi connectivity index (χ4v) is 6.86. The van der Waals surface area contributed by atoms with E-state index in [1.54, 1.807) is 11.3 Å². The van der Waals surface area contributed by atoms with Crippen LogP contribution in [0.4, 0.5) is 0 Å². The Bertz CT molecular complexity index is 587. The van der Waals surface area contributed by atoms with Crippen molar-refractivity contribution < 1.29 is 9.53 Å². The maximum absolute atomic E-state index is 12.1. The zero-order valence-electron chi connectivity index (χ0n) is 12.0. The molecule has 0 aliphatic rings. The van der Waals surface area contributed by atoms with Crippen molar-refractivity contribution in [2.24, 2.45) is 0 Å². The van der Waals surface area contributed by atoms with Gasteiger partial charge in [0.15, 0.2) is 0 Å². The number of halogens is 3. The summed E-state index contributed by atoms with van der Waals surface area (Å²) in [6.45, 7) is 0.518. The van der Waals surface area contributed by atoms with Crippen molar-refractivity contribution in [1.82, 2.24) is 0 Å². The highest BCUT2D eigenvalue weighted by atomic mass is 79.9. The molecule has 2 heterocycles. The average molecular weight is 533 g/mol. The van der Waals surface area contributed by atoms with Gasteiger partial charge in [0.25, 0.3) is 0 Å². The van der Waals surface area contributed by atoms with Gasteiger partial charge in [-0.2, -0.15) is 0 Å². The summed E-state index contributed by atoms with van der Waals surface area (Å²) in [6, 6.07) is 1.91. The first kappa shape index (κ1) is 18.9. The molecule has 0 aromatic carbocycles. The number of thiophene rings is 2. The van der Waals surface area contributed by atoms with Gasteiger partial charge < -0.3 is 4.74 Å². The Hall–Kier alpha value is 0.570. The lowest BCUT2D eigenvalue weighted by Gasteiger charge is -2.03. The van der Waals surface area contributed by atoms with E-state index >= 15 is 0 Å². The quantitative estimate of drug-likeness (QED) is 0.191. The second kappa shape index (κ2) is 9.77. The van der Waals surface area contributed by atoms with Crippen molar-refractivity contribution in [3.63, 3.8) is 0 Å². The molecule has 122 valence electrons. The molecular weight excluding hydrogens is 516 g/mol. The Kier molecular flexibility index (Phi) is 8.39. The van der Waals surface area contributed by atoms with Gasteiger partial charge >= 0.3 is 5.97 Å². The van der Waals surface area contributed by atoms with Crippen LogP contribution in [0.25, 0.3) is 10.1 Å². The summed E-state index contributed by atoms with van der Waals surface area (Å²) >= 11 is 13.6. The lowest BCUT2D eigenvalue weighted by Crippen LogP contribution is -2.04. The zero-order valence-corrected chi connectivity index (χ0v) is 18.4. The Balaban J connectivity index is 1.71. The van der Waals surface area contributed by atoms with Crippen molar-refractivity contribution in [1.29, 1.82) is 0 Å². The van der Waals surface area contributed by atoms with Crippen LogP contribution in [0.15, 0.2) is 13.6 Å². The summed E-state index contributed by atoms with van der Waals surface area (Å²) in [5.74, 6) is -0.204. The third-order valence-electron chi connectivity index (χ3n) is 3.26. The minimum absolute atomic E-state index is 0.204. The maximum atomic E-state index is 12.1. The van der Waals surface area contributed by atoms with E-state index in [4.69, 9.17) is 4.74 Å². The van der Waals surface area contributed by atoms with E-state index in [0.29, 0.717) is 11.5 Å². The molecule has 2 aromatic heterocycles. The normalized spacial score (nSPS) is 11.2. The lowest BCUT2D eigenvalue weighted by molar-refractivity contribution is 0.0503. The molecule has 0 bridgehead atoms. The zero-order chi connectivity index (χ0) is 15.9. The van der Waals surface area contributed by atoms with Gasteiger partial charge in [0.05, 0.1) is 18.9 Å². The SMILES string of the molecule is O=C(OCCCCCCCCBr)c1cc2c(Br)sc(Br)c2s1. The molecule has 0 fully saturated rings. The number of hydrogen-bond acceptors (Lipinski definition) is 4. The summed E-state index contributed by atoms with van der Waals surface area (Å²) in [6.07, 6.45) is 7.09. The molecule has 0 amide bonds. The summed E-state index contributed by atoms with van der Waals surface area (Å²) < 4.78 is 8.58. The first-order valence-corrected chi connectivity index (χ1v) is 11.6. The Morgan fingerprint density at radius 2 is 1.68 bits per heavy atom. The third kappa shape index (κ3) is 5.30. The van der Waals surface area contributed by atoms with Gasteiger partial charge in [0.1, 0.15) is 4.88 Å². The lowest BCUT2D eigenvalue weighted by atomic mass is 10.1. The smallest absolute Gasteiger partial charge is 0.348 e. The van der Waals surface area contributed by atoms with Crippen molar-refractivity contribution in [2.75, 3.05) is 11.9 Å². The van der Waals surface area contributed by atoms with Crippen LogP contribution < -0.4 is 0 Å². The standard InChI is InChI=1S/C15H17Br3O2S2/c16-7-5-3-1-2-4-6-8-20-15(19)11-9-10-12(21-11)14(18)22-13(10)17/h9H,1-8H2. The van der Waals surface area contributed by atoms with Gasteiger partial charge in [0.2, 0.25) is 0 Å². The van der Waals surface area contributed by atoms with Crippen LogP contribution in [0.1, 0.15) is 48.2 Å². The number of rotatable bonds is 9. The molecule has 0 radical (unpaired) electrons. The van der Waals surface area contributed by atoms with Gasteiger partial charge in [-0.3, -0.25) is 0 Å². The molecule has 22 heavy (non-hydrogen) atoms. The summed E-state index contributed by atoms with van der Waals surface area (Å²) in [4.78, 5) is 12.7. The van der Waals surface area contributed by atoms with E-state index in [-0.39, 0.29) is 5.97 Å². The molecule has 0 spiro atoms. The fourth-order valence-electron chi connectivity index (χ4n) is 2.10. The van der Waals surface area contributed by atoms with Gasteiger partial charge in [-0.05, 0) is 50.8 Å². The van der Waals surface area contributed by atoms with E-state index in [1.807, 2.05) is 6.07 Å². The molecule has 2 aromatic rings. The van der Waals surface area contributed by atoms with Gasteiger partial charge in [-0.1, -0.05) is 41.6 Å². The number of hydrogen-bond donors (Lipinski definition) is 0. The van der Waals surface area contributed by atoms with Crippen LogP contribution in [-0.4, -0.2) is 17.9 Å². The van der Waals surface area contributed by atoms with E-state index in [1.165, 1.54) is 37.0 Å². The van der Waals surface area contributed by atoms with Gasteiger partial charge in [-0.15, -0.1) is 22.7 Å². The van der Waals surface area contributed by atoms with Gasteiger partial charge in [-0.25, -0.2) is 4.79 Å². The van der Waals surface area contributed by atoms with Crippen LogP contribution >= 0.6 is 70.5 Å². The highest BCUT2D eigenvalue weighted by Crippen LogP contribution is 2.43. The predicted octanol–water partition coefficient (Wildman–Crippen LogP) is 7.38. The van der Waals surface area contributed by atoms with E-state index < -0.39 is 0 Å². The second-order valence-corrected chi connectivity index (χ2v) is 10.5. The maximum Gasteiger partial charge on any atom is 0.348 e. The molecule has 0 N–H and O–H groups in total. The molecule has 0 saturated carbocycles. The van der Waals surface area contributed by atoms with Crippen molar-refractivity contribution in [3.05, 3.63) is 18.5 Å². The third-order valence-corrected chi connectivity index (χ3v) is 7.93. The van der Waals surface area contributed by atoms with E-state index in [9.17, 15) is 4.79 Å². The molecule has 0 atom stereocenters. The van der Waals surface area contributed by atoms with E-state index in [0.717, 1.165) is 35.8 Å². The van der Waals surface area contributed by atoms with Crippen LogP contribution in [0.2, 0.25) is 0 Å². The number of ether oxygens (including phenoxy) is 1. The summed E-state index contributed by atoms with van der Waals surface area (Å²) in [5, 5.41) is 2.18. The minimum Gasteiger partial charge on any atom is -0.462 e. The van der Waals surface area contributed by atoms with Crippen molar-refractivity contribution in [3.8, 4) is 0 Å². The Labute approximate surface area is 164 Å². The highest BCUT2D eigenvalue weighted by Gasteiger charge is 2.16. The molecule has 0 unspecified atom stereocenters. The number of carbonyl (C=O) groups is 1. The largest absolute Gasteiger partial charge is 0.462 e. The molecule has 7 heteroatoms. The Morgan fingerprint density at radius 3 is 2.36 bits per heavy atom. The first-order valence-electron chi connectivity index (χ1n) is 7.24. The molecule has 0 aliphatic heterocycles. The summed E-state index contributed by atoms with van der Waals surface area (Å²) in [5.41, 5.74) is 0. The average Bonchev–Trinajstić information content (AvgIpc) is 3.04.